The van der Waals surface area contributed by atoms with Gasteiger partial charge in [0.15, 0.2) is 0 Å². The Bertz CT molecular complexity index is 869. The van der Waals surface area contributed by atoms with Crippen LogP contribution >= 0.6 is 0 Å². The van der Waals surface area contributed by atoms with Crippen molar-refractivity contribution in [2.45, 2.75) is 31.5 Å². The van der Waals surface area contributed by atoms with Gasteiger partial charge in [0.2, 0.25) is 11.8 Å². The fourth-order valence-electron chi connectivity index (χ4n) is 3.86. The molecule has 2 aliphatic rings. The van der Waals surface area contributed by atoms with Crippen molar-refractivity contribution in [3.8, 4) is 0 Å². The number of carbonyl (C=O) groups is 3. The monoisotopic (exact) mass is 378 g/mol. The van der Waals surface area contributed by atoms with E-state index in [2.05, 4.69) is 0 Å². The molecule has 28 heavy (non-hydrogen) atoms. The number of ether oxygens (including phenoxy) is 1. The van der Waals surface area contributed by atoms with Crippen LogP contribution in [0.15, 0.2) is 60.7 Å². The van der Waals surface area contributed by atoms with Gasteiger partial charge in [-0.1, -0.05) is 60.7 Å². The van der Waals surface area contributed by atoms with Gasteiger partial charge in [0.05, 0.1) is 13.0 Å². The highest BCUT2D eigenvalue weighted by Crippen LogP contribution is 2.27. The van der Waals surface area contributed by atoms with Crippen LogP contribution < -0.4 is 0 Å². The van der Waals surface area contributed by atoms with Crippen molar-refractivity contribution in [1.82, 2.24) is 9.80 Å². The van der Waals surface area contributed by atoms with Crippen LogP contribution in [-0.2, 0) is 32.1 Å². The van der Waals surface area contributed by atoms with Crippen molar-refractivity contribution in [2.24, 2.45) is 0 Å². The Labute approximate surface area is 163 Å². The summed E-state index contributed by atoms with van der Waals surface area (Å²) in [6, 6.07) is 18.4. The summed E-state index contributed by atoms with van der Waals surface area (Å²) in [5.41, 5.74) is 1.87. The summed E-state index contributed by atoms with van der Waals surface area (Å²) in [7, 11) is 0. The molecule has 0 saturated carbocycles. The number of amides is 2. The molecule has 0 bridgehead atoms. The molecule has 2 fully saturated rings. The zero-order chi connectivity index (χ0) is 19.5. The Morgan fingerprint density at radius 1 is 0.964 bits per heavy atom. The molecule has 6 nitrogen and oxygen atoms in total. The topological polar surface area (TPSA) is 66.9 Å². The van der Waals surface area contributed by atoms with Gasteiger partial charge in [0.25, 0.3) is 0 Å². The number of piperazine rings is 1. The quantitative estimate of drug-likeness (QED) is 0.744. The highest BCUT2D eigenvalue weighted by atomic mass is 16.5. The van der Waals surface area contributed by atoms with Crippen molar-refractivity contribution in [3.63, 3.8) is 0 Å². The minimum atomic E-state index is -0.542. The smallest absolute Gasteiger partial charge is 0.310 e. The first kappa shape index (κ1) is 18.2. The number of nitrogens with zero attached hydrogens (tertiary/aromatic N) is 2. The van der Waals surface area contributed by atoms with Gasteiger partial charge in [0, 0.05) is 13.0 Å². The third-order valence-electron chi connectivity index (χ3n) is 5.21. The van der Waals surface area contributed by atoms with Gasteiger partial charge in [-0.05, 0) is 11.1 Å². The predicted molar refractivity (Wildman–Crippen MR) is 102 cm³/mol. The number of carbonyl (C=O) groups excluding carboxylic acids is 3. The standard InChI is InChI=1S/C22H22N2O4/c25-20-15-23(13-17-9-5-2-6-10-17)22(27)19-12-18(14-24(19)20)28-21(26)11-16-7-3-1-4-8-16/h1-10,18-19H,11-15H2/t18-,19-/m0/s1. The highest BCUT2D eigenvalue weighted by molar-refractivity contribution is 5.95. The van der Waals surface area contributed by atoms with Crippen LogP contribution in [0.2, 0.25) is 0 Å². The molecule has 0 radical (unpaired) electrons. The molecule has 6 heteroatoms. The Kier molecular flexibility index (Phi) is 5.10. The second kappa shape index (κ2) is 7.84. The van der Waals surface area contributed by atoms with E-state index < -0.39 is 12.1 Å². The molecule has 0 spiro atoms. The number of fused-ring (bicyclic) bond motifs is 1. The van der Waals surface area contributed by atoms with Crippen LogP contribution in [0.25, 0.3) is 0 Å². The first-order chi connectivity index (χ1) is 13.6. The van der Waals surface area contributed by atoms with Gasteiger partial charge >= 0.3 is 5.97 Å². The van der Waals surface area contributed by atoms with Gasteiger partial charge < -0.3 is 14.5 Å². The summed E-state index contributed by atoms with van der Waals surface area (Å²) in [4.78, 5) is 40.8. The lowest BCUT2D eigenvalue weighted by atomic mass is 10.1. The molecule has 144 valence electrons. The lowest BCUT2D eigenvalue weighted by molar-refractivity contribution is -0.154. The number of hydrogen-bond acceptors (Lipinski definition) is 4. The van der Waals surface area contributed by atoms with E-state index in [0.717, 1.165) is 11.1 Å². The summed E-state index contributed by atoms with van der Waals surface area (Å²) >= 11 is 0. The van der Waals surface area contributed by atoms with Crippen molar-refractivity contribution >= 4 is 17.8 Å². The van der Waals surface area contributed by atoms with Gasteiger partial charge in [-0.25, -0.2) is 0 Å². The van der Waals surface area contributed by atoms with Crippen LogP contribution in [0.4, 0.5) is 0 Å². The van der Waals surface area contributed by atoms with Gasteiger partial charge in [0.1, 0.15) is 18.7 Å². The Morgan fingerprint density at radius 2 is 1.61 bits per heavy atom. The summed E-state index contributed by atoms with van der Waals surface area (Å²) in [5, 5.41) is 0. The zero-order valence-corrected chi connectivity index (χ0v) is 15.5. The van der Waals surface area contributed by atoms with Crippen LogP contribution in [0.1, 0.15) is 17.5 Å². The fourth-order valence-corrected chi connectivity index (χ4v) is 3.86. The summed E-state index contributed by atoms with van der Waals surface area (Å²) in [6.45, 7) is 0.762. The van der Waals surface area contributed by atoms with E-state index in [9.17, 15) is 14.4 Å². The van der Waals surface area contributed by atoms with Crippen LogP contribution in [-0.4, -0.2) is 52.8 Å². The highest BCUT2D eigenvalue weighted by Gasteiger charge is 2.46. The van der Waals surface area contributed by atoms with Crippen molar-refractivity contribution in [1.29, 1.82) is 0 Å². The van der Waals surface area contributed by atoms with E-state index in [0.29, 0.717) is 13.0 Å². The second-order valence-corrected chi connectivity index (χ2v) is 7.25. The molecule has 2 amide bonds. The molecule has 2 aromatic carbocycles. The Balaban J connectivity index is 1.38. The van der Waals surface area contributed by atoms with Crippen LogP contribution in [0.5, 0.6) is 0 Å². The minimum absolute atomic E-state index is 0.0644. The molecule has 2 atom stereocenters. The van der Waals surface area contributed by atoms with Crippen molar-refractivity contribution < 1.29 is 19.1 Å². The van der Waals surface area contributed by atoms with Crippen molar-refractivity contribution in [3.05, 3.63) is 71.8 Å². The normalized spacial score (nSPS) is 21.6. The number of esters is 1. The lowest BCUT2D eigenvalue weighted by Gasteiger charge is -2.36. The molecule has 2 aromatic rings. The first-order valence-corrected chi connectivity index (χ1v) is 9.46. The van der Waals surface area contributed by atoms with E-state index in [-0.39, 0.29) is 37.3 Å². The second-order valence-electron chi connectivity index (χ2n) is 7.25. The zero-order valence-electron chi connectivity index (χ0n) is 15.5. The van der Waals surface area contributed by atoms with E-state index in [1.807, 2.05) is 60.7 Å². The van der Waals surface area contributed by atoms with E-state index in [1.165, 1.54) is 0 Å². The SMILES string of the molecule is O=C(Cc1ccccc1)O[C@H]1C[C@H]2C(=O)N(Cc3ccccc3)CC(=O)N2C1. The average Bonchev–Trinajstić information content (AvgIpc) is 3.12. The molecular formula is C22H22N2O4. The van der Waals surface area contributed by atoms with Gasteiger partial charge in [-0.15, -0.1) is 0 Å². The number of rotatable bonds is 5. The van der Waals surface area contributed by atoms with Crippen LogP contribution in [0, 0.1) is 0 Å². The predicted octanol–water partition coefficient (Wildman–Crippen LogP) is 1.78. The summed E-state index contributed by atoms with van der Waals surface area (Å²) in [5.74, 6) is -0.510. The molecule has 2 heterocycles. The molecule has 2 aliphatic heterocycles. The van der Waals surface area contributed by atoms with Crippen LogP contribution in [0.3, 0.4) is 0 Å². The maximum absolute atomic E-state index is 12.9. The molecule has 0 aliphatic carbocycles. The largest absolute Gasteiger partial charge is 0.460 e. The third-order valence-corrected chi connectivity index (χ3v) is 5.21. The number of hydrogen-bond donors (Lipinski definition) is 0. The maximum atomic E-state index is 12.9. The third kappa shape index (κ3) is 3.91. The fraction of sp³-hybridized carbons (Fsp3) is 0.318. The lowest BCUT2D eigenvalue weighted by Crippen LogP contribution is -2.56. The molecule has 0 unspecified atom stereocenters. The van der Waals surface area contributed by atoms with Gasteiger partial charge in [-0.2, -0.15) is 0 Å². The molecule has 2 saturated heterocycles. The molecule has 0 N–H and O–H groups in total. The molecular weight excluding hydrogens is 356 g/mol. The van der Waals surface area contributed by atoms with E-state index in [4.69, 9.17) is 4.74 Å². The average molecular weight is 378 g/mol. The first-order valence-electron chi connectivity index (χ1n) is 9.46. The summed E-state index contributed by atoms with van der Waals surface area (Å²) in [6.07, 6.45) is 0.103. The minimum Gasteiger partial charge on any atom is -0.460 e. The molecule has 4 rings (SSSR count). The van der Waals surface area contributed by atoms with Crippen molar-refractivity contribution in [2.75, 3.05) is 13.1 Å². The number of benzene rings is 2. The van der Waals surface area contributed by atoms with E-state index in [1.54, 1.807) is 9.80 Å². The van der Waals surface area contributed by atoms with E-state index >= 15 is 0 Å². The summed E-state index contributed by atoms with van der Waals surface area (Å²) < 4.78 is 5.55. The Hall–Kier alpha value is -3.15. The molecule has 0 aromatic heterocycles. The van der Waals surface area contributed by atoms with Gasteiger partial charge in [-0.3, -0.25) is 14.4 Å². The maximum Gasteiger partial charge on any atom is 0.310 e. The Morgan fingerprint density at radius 3 is 2.29 bits per heavy atom.